The van der Waals surface area contributed by atoms with Crippen LogP contribution in [0.2, 0.25) is 0 Å². The molecule has 2 atom stereocenters. The summed E-state index contributed by atoms with van der Waals surface area (Å²) in [5.41, 5.74) is 1.36. The molecule has 0 aliphatic carbocycles. The fraction of sp³-hybridized carbons (Fsp3) is 0.471. The summed E-state index contributed by atoms with van der Waals surface area (Å²) in [7, 11) is 4.27. The Kier molecular flexibility index (Phi) is 4.75. The predicted molar refractivity (Wildman–Crippen MR) is 89.9 cm³/mol. The molecule has 0 amide bonds. The van der Waals surface area contributed by atoms with Gasteiger partial charge in [0.25, 0.3) is 0 Å². The molecule has 0 saturated heterocycles. The van der Waals surface area contributed by atoms with E-state index in [1.807, 2.05) is 12.3 Å². The van der Waals surface area contributed by atoms with E-state index < -0.39 is 0 Å². The molecule has 2 heterocycles. The summed E-state index contributed by atoms with van der Waals surface area (Å²) in [4.78, 5) is 2.27. The third kappa shape index (κ3) is 3.48. The van der Waals surface area contributed by atoms with Gasteiger partial charge in [-0.05, 0) is 19.7 Å². The van der Waals surface area contributed by atoms with Crippen molar-refractivity contribution in [2.24, 2.45) is 5.92 Å². The van der Waals surface area contributed by atoms with Crippen molar-refractivity contribution in [3.63, 3.8) is 0 Å². The largest absolute Gasteiger partial charge is 0.370 e. The number of hydrogen-bond acceptors (Lipinski definition) is 4. The van der Waals surface area contributed by atoms with E-state index in [4.69, 9.17) is 0 Å². The van der Waals surface area contributed by atoms with E-state index in [2.05, 4.69) is 69.7 Å². The van der Waals surface area contributed by atoms with E-state index in [1.54, 1.807) is 0 Å². The van der Waals surface area contributed by atoms with Gasteiger partial charge >= 0.3 is 0 Å². The van der Waals surface area contributed by atoms with Crippen LogP contribution in [-0.2, 0) is 6.54 Å². The van der Waals surface area contributed by atoms with E-state index in [1.165, 1.54) is 5.56 Å². The lowest BCUT2D eigenvalue weighted by Gasteiger charge is -2.28. The van der Waals surface area contributed by atoms with Crippen LogP contribution in [0.25, 0.3) is 0 Å². The molecule has 2 N–H and O–H groups in total. The van der Waals surface area contributed by atoms with Gasteiger partial charge in [0, 0.05) is 44.2 Å². The zero-order valence-corrected chi connectivity index (χ0v) is 13.4. The number of rotatable bonds is 6. The Morgan fingerprint density at radius 3 is 2.91 bits per heavy atom. The lowest BCUT2D eigenvalue weighted by atomic mass is 10.0. The van der Waals surface area contributed by atoms with Crippen molar-refractivity contribution in [3.05, 3.63) is 48.2 Å². The first-order valence-electron chi connectivity index (χ1n) is 7.92. The van der Waals surface area contributed by atoms with Gasteiger partial charge in [-0.15, -0.1) is 0 Å². The third-order valence-corrected chi connectivity index (χ3v) is 4.30. The lowest BCUT2D eigenvalue weighted by molar-refractivity contribution is 0.279. The maximum atomic E-state index is 4.34. The standard InChI is InChI=1S/C17H25N5/c1-21(2)16(15-6-4-3-5-7-15)12-18-10-14-11-19-17-8-9-20-22(17)13-14/h3-9,14,16,18-19H,10-13H2,1-2H3/t14-,16-/m0/s1. The zero-order chi connectivity index (χ0) is 15.4. The van der Waals surface area contributed by atoms with Crippen molar-refractivity contribution >= 4 is 5.82 Å². The zero-order valence-electron chi connectivity index (χ0n) is 13.4. The Balaban J connectivity index is 1.51. The topological polar surface area (TPSA) is 45.1 Å². The van der Waals surface area contributed by atoms with Gasteiger partial charge < -0.3 is 15.5 Å². The quantitative estimate of drug-likeness (QED) is 0.854. The van der Waals surface area contributed by atoms with Crippen molar-refractivity contribution in [1.29, 1.82) is 0 Å². The van der Waals surface area contributed by atoms with E-state index >= 15 is 0 Å². The summed E-state index contributed by atoms with van der Waals surface area (Å²) >= 11 is 0. The molecule has 0 unspecified atom stereocenters. The van der Waals surface area contributed by atoms with Crippen LogP contribution in [0, 0.1) is 5.92 Å². The number of likely N-dealkylation sites (N-methyl/N-ethyl adjacent to an activating group) is 1. The minimum absolute atomic E-state index is 0.401. The van der Waals surface area contributed by atoms with Gasteiger partial charge in [0.2, 0.25) is 0 Å². The van der Waals surface area contributed by atoms with Gasteiger partial charge in [-0.3, -0.25) is 0 Å². The number of fused-ring (bicyclic) bond motifs is 1. The van der Waals surface area contributed by atoms with E-state index in [0.717, 1.165) is 32.0 Å². The molecule has 118 valence electrons. The molecular formula is C17H25N5. The molecule has 0 radical (unpaired) electrons. The van der Waals surface area contributed by atoms with Crippen LogP contribution in [0.5, 0.6) is 0 Å². The molecule has 2 aromatic rings. The van der Waals surface area contributed by atoms with Gasteiger partial charge in [0.15, 0.2) is 0 Å². The maximum absolute atomic E-state index is 4.34. The van der Waals surface area contributed by atoms with Crippen LogP contribution < -0.4 is 10.6 Å². The van der Waals surface area contributed by atoms with Gasteiger partial charge in [-0.25, -0.2) is 4.68 Å². The molecular weight excluding hydrogens is 274 g/mol. The minimum atomic E-state index is 0.401. The van der Waals surface area contributed by atoms with Crippen LogP contribution in [0.15, 0.2) is 42.6 Å². The Morgan fingerprint density at radius 1 is 1.32 bits per heavy atom. The van der Waals surface area contributed by atoms with Gasteiger partial charge in [-0.2, -0.15) is 5.10 Å². The molecule has 1 aliphatic heterocycles. The summed E-state index contributed by atoms with van der Waals surface area (Å²) in [5, 5.41) is 11.4. The average molecular weight is 299 g/mol. The van der Waals surface area contributed by atoms with Gasteiger partial charge in [0.1, 0.15) is 5.82 Å². The van der Waals surface area contributed by atoms with Crippen molar-refractivity contribution < 1.29 is 0 Å². The summed E-state index contributed by atoms with van der Waals surface area (Å²) in [6.07, 6.45) is 1.86. The summed E-state index contributed by atoms with van der Waals surface area (Å²) in [5.74, 6) is 1.71. The van der Waals surface area contributed by atoms with Gasteiger partial charge in [-0.1, -0.05) is 30.3 Å². The van der Waals surface area contributed by atoms with Crippen LogP contribution in [-0.4, -0.2) is 48.4 Å². The fourth-order valence-corrected chi connectivity index (χ4v) is 3.02. The number of aromatic nitrogens is 2. The highest BCUT2D eigenvalue weighted by Crippen LogP contribution is 2.18. The minimum Gasteiger partial charge on any atom is -0.370 e. The van der Waals surface area contributed by atoms with E-state index in [0.29, 0.717) is 12.0 Å². The fourth-order valence-electron chi connectivity index (χ4n) is 3.02. The number of nitrogens with zero attached hydrogens (tertiary/aromatic N) is 3. The molecule has 0 spiro atoms. The third-order valence-electron chi connectivity index (χ3n) is 4.30. The van der Waals surface area contributed by atoms with Crippen molar-refractivity contribution in [2.75, 3.05) is 39.0 Å². The Hall–Kier alpha value is -1.85. The summed E-state index contributed by atoms with van der Waals surface area (Å²) in [6.45, 7) is 3.96. The molecule has 1 aromatic heterocycles. The van der Waals surface area contributed by atoms with E-state index in [9.17, 15) is 0 Å². The molecule has 0 saturated carbocycles. The second kappa shape index (κ2) is 6.94. The normalized spacial score (nSPS) is 18.8. The summed E-state index contributed by atoms with van der Waals surface area (Å²) in [6, 6.07) is 13.1. The lowest BCUT2D eigenvalue weighted by Crippen LogP contribution is -2.38. The molecule has 5 nitrogen and oxygen atoms in total. The van der Waals surface area contributed by atoms with E-state index in [-0.39, 0.29) is 0 Å². The first-order valence-corrected chi connectivity index (χ1v) is 7.92. The Bertz CT molecular complexity index is 578. The SMILES string of the molecule is CN(C)[C@@H](CNC[C@H]1CNc2ccnn2C1)c1ccccc1. The maximum Gasteiger partial charge on any atom is 0.124 e. The Labute approximate surface area is 132 Å². The molecule has 0 fully saturated rings. The number of anilines is 1. The van der Waals surface area contributed by atoms with Gasteiger partial charge in [0.05, 0.1) is 6.20 Å². The first-order chi connectivity index (χ1) is 10.7. The predicted octanol–water partition coefficient (Wildman–Crippen LogP) is 1.82. The second-order valence-electron chi connectivity index (χ2n) is 6.19. The number of hydrogen-bond donors (Lipinski definition) is 2. The monoisotopic (exact) mass is 299 g/mol. The molecule has 1 aromatic carbocycles. The van der Waals surface area contributed by atoms with Crippen LogP contribution in [0.3, 0.4) is 0 Å². The second-order valence-corrected chi connectivity index (χ2v) is 6.19. The molecule has 22 heavy (non-hydrogen) atoms. The van der Waals surface area contributed by atoms with Crippen LogP contribution >= 0.6 is 0 Å². The Morgan fingerprint density at radius 2 is 2.14 bits per heavy atom. The summed E-state index contributed by atoms with van der Waals surface area (Å²) < 4.78 is 2.05. The highest BCUT2D eigenvalue weighted by atomic mass is 15.3. The molecule has 3 rings (SSSR count). The molecule has 0 bridgehead atoms. The average Bonchev–Trinajstić information content (AvgIpc) is 2.99. The highest BCUT2D eigenvalue weighted by Gasteiger charge is 2.19. The van der Waals surface area contributed by atoms with Crippen LogP contribution in [0.1, 0.15) is 11.6 Å². The molecule has 5 heteroatoms. The van der Waals surface area contributed by atoms with Crippen molar-refractivity contribution in [2.45, 2.75) is 12.6 Å². The number of benzene rings is 1. The van der Waals surface area contributed by atoms with Crippen molar-refractivity contribution in [3.8, 4) is 0 Å². The molecule has 1 aliphatic rings. The van der Waals surface area contributed by atoms with Crippen LogP contribution in [0.4, 0.5) is 5.82 Å². The first kappa shape index (κ1) is 15.1. The number of nitrogens with one attached hydrogen (secondary N) is 2. The smallest absolute Gasteiger partial charge is 0.124 e. The van der Waals surface area contributed by atoms with Crippen molar-refractivity contribution in [1.82, 2.24) is 20.0 Å². The highest BCUT2D eigenvalue weighted by molar-refractivity contribution is 5.35.